The Hall–Kier alpha value is -3.47. The molecule has 5 heteroatoms. The summed E-state index contributed by atoms with van der Waals surface area (Å²) in [6, 6.07) is 21.2. The third kappa shape index (κ3) is 2.76. The van der Waals surface area contributed by atoms with E-state index in [2.05, 4.69) is 33.4 Å². The minimum Gasteiger partial charge on any atom is -0.277 e. The molecule has 0 saturated heterocycles. The highest BCUT2D eigenvalue weighted by atomic mass is 16.1. The molecule has 0 aliphatic carbocycles. The van der Waals surface area contributed by atoms with Gasteiger partial charge in [0.25, 0.3) is 5.56 Å². The lowest BCUT2D eigenvalue weighted by molar-refractivity contribution is 0.996. The predicted molar refractivity (Wildman–Crippen MR) is 98.0 cm³/mol. The van der Waals surface area contributed by atoms with Crippen LogP contribution in [0.15, 0.2) is 71.5 Å². The molecular weight excluding hydrogens is 312 g/mol. The number of nitrogens with zero attached hydrogens (tertiary/aromatic N) is 2. The van der Waals surface area contributed by atoms with Crippen molar-refractivity contribution in [3.63, 3.8) is 0 Å². The molecule has 4 rings (SSSR count). The number of rotatable bonds is 3. The Morgan fingerprint density at radius 3 is 2.28 bits per heavy atom. The van der Waals surface area contributed by atoms with Crippen molar-refractivity contribution < 1.29 is 0 Å². The Morgan fingerprint density at radius 2 is 1.56 bits per heavy atom. The molecular formula is C20H16N4O. The maximum atomic E-state index is 11.4. The lowest BCUT2D eigenvalue weighted by Crippen LogP contribution is -2.06. The number of H-pyrrole nitrogens is 2. The van der Waals surface area contributed by atoms with Crippen LogP contribution >= 0.6 is 0 Å². The average Bonchev–Trinajstić information content (AvgIpc) is 3.08. The summed E-state index contributed by atoms with van der Waals surface area (Å²) in [6.45, 7) is 2.05. The molecule has 4 aromatic rings. The second kappa shape index (κ2) is 6.20. The van der Waals surface area contributed by atoms with Crippen molar-refractivity contribution in [1.82, 2.24) is 20.4 Å². The van der Waals surface area contributed by atoms with Crippen molar-refractivity contribution in [1.29, 1.82) is 0 Å². The van der Waals surface area contributed by atoms with Crippen molar-refractivity contribution in [3.8, 4) is 33.8 Å². The summed E-state index contributed by atoms with van der Waals surface area (Å²) < 4.78 is 0. The lowest BCUT2D eigenvalue weighted by Gasteiger charge is -2.07. The van der Waals surface area contributed by atoms with Gasteiger partial charge in [-0.1, -0.05) is 54.6 Å². The summed E-state index contributed by atoms with van der Waals surface area (Å²) in [7, 11) is 0. The van der Waals surface area contributed by atoms with Crippen LogP contribution in [0.3, 0.4) is 0 Å². The van der Waals surface area contributed by atoms with Gasteiger partial charge in [0.2, 0.25) is 0 Å². The van der Waals surface area contributed by atoms with E-state index in [0.717, 1.165) is 33.6 Å². The summed E-state index contributed by atoms with van der Waals surface area (Å²) in [5.41, 5.74) is 6.17. The van der Waals surface area contributed by atoms with Gasteiger partial charge in [-0.25, -0.2) is 5.10 Å². The van der Waals surface area contributed by atoms with E-state index in [1.807, 2.05) is 48.5 Å². The molecule has 0 fully saturated rings. The quantitative estimate of drug-likeness (QED) is 0.600. The molecule has 2 N–H and O–H groups in total. The first-order valence-electron chi connectivity index (χ1n) is 8.00. The Balaban J connectivity index is 2.00. The monoisotopic (exact) mass is 328 g/mol. The fraction of sp³-hybridized carbons (Fsp3) is 0.0500. The molecule has 2 aromatic heterocycles. The maximum absolute atomic E-state index is 11.4. The second-order valence-corrected chi connectivity index (χ2v) is 5.81. The van der Waals surface area contributed by atoms with Gasteiger partial charge in [-0.2, -0.15) is 10.2 Å². The van der Waals surface area contributed by atoms with E-state index in [4.69, 9.17) is 0 Å². The van der Waals surface area contributed by atoms with Gasteiger partial charge in [0.05, 0.1) is 17.0 Å². The lowest BCUT2D eigenvalue weighted by atomic mass is 9.97. The first-order chi connectivity index (χ1) is 12.2. The number of hydrogen-bond donors (Lipinski definition) is 2. The molecule has 0 atom stereocenters. The van der Waals surface area contributed by atoms with E-state index < -0.39 is 0 Å². The van der Waals surface area contributed by atoms with Gasteiger partial charge in [0, 0.05) is 17.2 Å². The molecule has 0 radical (unpaired) electrons. The van der Waals surface area contributed by atoms with Gasteiger partial charge < -0.3 is 0 Å². The standard InChI is InChI=1S/C20H16N4O/c1-13-7-5-6-10-15(13)20-18(16-11-12-17(25)22-21-16)19(23-24-20)14-8-3-2-4-9-14/h2-12H,1H3,(H,22,25)(H,23,24). The molecule has 0 amide bonds. The van der Waals surface area contributed by atoms with Gasteiger partial charge >= 0.3 is 0 Å². The Morgan fingerprint density at radius 1 is 0.800 bits per heavy atom. The minimum absolute atomic E-state index is 0.231. The highest BCUT2D eigenvalue weighted by Gasteiger charge is 2.20. The minimum atomic E-state index is -0.231. The van der Waals surface area contributed by atoms with Crippen molar-refractivity contribution in [2.75, 3.05) is 0 Å². The Bertz CT molecular complexity index is 1060. The Labute approximate surface area is 144 Å². The van der Waals surface area contributed by atoms with Crippen LogP contribution in [0, 0.1) is 6.92 Å². The summed E-state index contributed by atoms with van der Waals surface area (Å²) >= 11 is 0. The highest BCUT2D eigenvalue weighted by Crippen LogP contribution is 2.37. The predicted octanol–water partition coefficient (Wildman–Crippen LogP) is 3.80. The van der Waals surface area contributed by atoms with Crippen LogP contribution in [0.25, 0.3) is 33.8 Å². The number of hydrogen-bond acceptors (Lipinski definition) is 3. The molecule has 0 saturated carbocycles. The summed E-state index contributed by atoms with van der Waals surface area (Å²) in [5, 5.41) is 14.5. The van der Waals surface area contributed by atoms with E-state index in [9.17, 15) is 4.79 Å². The molecule has 0 bridgehead atoms. The van der Waals surface area contributed by atoms with Gasteiger partial charge in [-0.15, -0.1) is 0 Å². The van der Waals surface area contributed by atoms with Gasteiger partial charge in [-0.05, 0) is 18.6 Å². The van der Waals surface area contributed by atoms with Crippen LogP contribution in [0.4, 0.5) is 0 Å². The third-order valence-corrected chi connectivity index (χ3v) is 4.16. The normalized spacial score (nSPS) is 10.8. The smallest absolute Gasteiger partial charge is 0.264 e. The zero-order chi connectivity index (χ0) is 17.2. The fourth-order valence-corrected chi connectivity index (χ4v) is 2.92. The molecule has 0 spiro atoms. The molecule has 5 nitrogen and oxygen atoms in total. The summed E-state index contributed by atoms with van der Waals surface area (Å²) in [4.78, 5) is 11.4. The highest BCUT2D eigenvalue weighted by molar-refractivity contribution is 5.90. The summed E-state index contributed by atoms with van der Waals surface area (Å²) in [5.74, 6) is 0. The summed E-state index contributed by atoms with van der Waals surface area (Å²) in [6.07, 6.45) is 0. The fourth-order valence-electron chi connectivity index (χ4n) is 2.92. The third-order valence-electron chi connectivity index (χ3n) is 4.16. The maximum Gasteiger partial charge on any atom is 0.264 e. The van der Waals surface area contributed by atoms with Crippen LogP contribution in [0.1, 0.15) is 5.56 Å². The van der Waals surface area contributed by atoms with Crippen LogP contribution in [0.5, 0.6) is 0 Å². The van der Waals surface area contributed by atoms with Crippen LogP contribution in [-0.4, -0.2) is 20.4 Å². The number of aromatic amines is 2. The molecule has 0 aliphatic heterocycles. The van der Waals surface area contributed by atoms with Crippen LogP contribution < -0.4 is 5.56 Å². The van der Waals surface area contributed by atoms with Gasteiger partial charge in [0.1, 0.15) is 5.69 Å². The molecule has 0 aliphatic rings. The number of benzene rings is 2. The van der Waals surface area contributed by atoms with Crippen LogP contribution in [0.2, 0.25) is 0 Å². The van der Waals surface area contributed by atoms with E-state index in [1.54, 1.807) is 6.07 Å². The average molecular weight is 328 g/mol. The molecule has 25 heavy (non-hydrogen) atoms. The molecule has 2 aromatic carbocycles. The molecule has 0 unspecified atom stereocenters. The first kappa shape index (κ1) is 15.1. The largest absolute Gasteiger partial charge is 0.277 e. The molecule has 2 heterocycles. The van der Waals surface area contributed by atoms with E-state index in [1.165, 1.54) is 6.07 Å². The van der Waals surface area contributed by atoms with Crippen molar-refractivity contribution in [2.24, 2.45) is 0 Å². The van der Waals surface area contributed by atoms with E-state index >= 15 is 0 Å². The zero-order valence-corrected chi connectivity index (χ0v) is 13.7. The Kier molecular flexibility index (Phi) is 3.74. The van der Waals surface area contributed by atoms with Crippen molar-refractivity contribution in [2.45, 2.75) is 6.92 Å². The SMILES string of the molecule is Cc1ccccc1-c1n[nH]c(-c2ccccc2)c1-c1ccc(=O)[nH]n1. The van der Waals surface area contributed by atoms with Crippen LogP contribution in [-0.2, 0) is 0 Å². The number of aryl methyl sites for hydroxylation is 1. The second-order valence-electron chi connectivity index (χ2n) is 5.81. The topological polar surface area (TPSA) is 74.4 Å². The van der Waals surface area contributed by atoms with E-state index in [-0.39, 0.29) is 5.56 Å². The zero-order valence-electron chi connectivity index (χ0n) is 13.7. The number of nitrogens with one attached hydrogen (secondary N) is 2. The first-order valence-corrected chi connectivity index (χ1v) is 8.00. The number of aromatic nitrogens is 4. The van der Waals surface area contributed by atoms with E-state index in [0.29, 0.717) is 5.69 Å². The van der Waals surface area contributed by atoms with Crippen molar-refractivity contribution >= 4 is 0 Å². The molecule has 122 valence electrons. The van der Waals surface area contributed by atoms with Gasteiger partial charge in [0.15, 0.2) is 0 Å². The van der Waals surface area contributed by atoms with Crippen molar-refractivity contribution in [3.05, 3.63) is 82.6 Å². The van der Waals surface area contributed by atoms with Gasteiger partial charge in [-0.3, -0.25) is 9.89 Å².